The number of hydrogen-bond donors (Lipinski definition) is 2. The van der Waals surface area contributed by atoms with Crippen LogP contribution in [0.5, 0.6) is 10.9 Å². The lowest BCUT2D eigenvalue weighted by Crippen LogP contribution is -2.53. The van der Waals surface area contributed by atoms with E-state index in [9.17, 15) is 9.18 Å². The molecule has 3 aromatic rings. The number of halogens is 1. The third-order valence-electron chi connectivity index (χ3n) is 6.31. The molecule has 2 bridgehead atoms. The number of rotatable bonds is 6. The third-order valence-corrected chi connectivity index (χ3v) is 7.21. The van der Waals surface area contributed by atoms with Crippen molar-refractivity contribution in [3.8, 4) is 10.9 Å². The van der Waals surface area contributed by atoms with E-state index in [1.807, 2.05) is 35.2 Å². The summed E-state index contributed by atoms with van der Waals surface area (Å²) in [5.41, 5.74) is 7.10. The molecule has 0 aliphatic carbocycles. The van der Waals surface area contributed by atoms with Crippen LogP contribution in [-0.4, -0.2) is 40.6 Å². The Morgan fingerprint density at radius 2 is 1.94 bits per heavy atom. The fourth-order valence-electron chi connectivity index (χ4n) is 4.89. The highest BCUT2D eigenvalue weighted by Gasteiger charge is 2.42. The summed E-state index contributed by atoms with van der Waals surface area (Å²) in [4.78, 5) is 17.8. The lowest BCUT2D eigenvalue weighted by Gasteiger charge is -2.38. The van der Waals surface area contributed by atoms with Crippen molar-refractivity contribution in [3.63, 3.8) is 0 Å². The maximum Gasteiger partial charge on any atom is 0.315 e. The summed E-state index contributed by atoms with van der Waals surface area (Å²) in [6.07, 6.45) is 5.01. The molecule has 3 atom stereocenters. The molecule has 0 spiro atoms. The second kappa shape index (κ2) is 8.43. The van der Waals surface area contributed by atoms with Gasteiger partial charge in [-0.2, -0.15) is 4.98 Å². The molecule has 2 aliphatic heterocycles. The molecule has 3 heterocycles. The maximum absolute atomic E-state index is 13.8. The average Bonchev–Trinajstić information content (AvgIpc) is 3.28. The van der Waals surface area contributed by atoms with E-state index in [2.05, 4.69) is 10.3 Å². The number of nitrogens with two attached hydrogens (primary N) is 1. The molecule has 3 N–H and O–H groups in total. The van der Waals surface area contributed by atoms with Crippen molar-refractivity contribution in [3.05, 3.63) is 53.8 Å². The molecule has 2 saturated heterocycles. The first-order valence-electron chi connectivity index (χ1n) is 10.7. The minimum atomic E-state index is -0.334. The zero-order chi connectivity index (χ0) is 21.4. The largest absolute Gasteiger partial charge is 0.431 e. The Morgan fingerprint density at radius 1 is 1.19 bits per heavy atom. The van der Waals surface area contributed by atoms with Crippen LogP contribution < -0.4 is 15.8 Å². The van der Waals surface area contributed by atoms with Gasteiger partial charge in [0.1, 0.15) is 17.1 Å². The average molecular weight is 441 g/mol. The lowest BCUT2D eigenvalue weighted by molar-refractivity contribution is 0.138. The van der Waals surface area contributed by atoms with Crippen molar-refractivity contribution >= 4 is 27.6 Å². The van der Waals surface area contributed by atoms with E-state index < -0.39 is 0 Å². The number of fused-ring (bicyclic) bond motifs is 3. The summed E-state index contributed by atoms with van der Waals surface area (Å²) >= 11 is 1.33. The van der Waals surface area contributed by atoms with Gasteiger partial charge in [0.05, 0.1) is 4.70 Å². The molecule has 2 unspecified atom stereocenters. The van der Waals surface area contributed by atoms with Crippen LogP contribution in [0.25, 0.3) is 10.2 Å². The number of urea groups is 1. The number of carbonyl (C=O) groups excluding carboxylic acids is 1. The van der Waals surface area contributed by atoms with Crippen molar-refractivity contribution in [1.29, 1.82) is 0 Å². The highest BCUT2D eigenvalue weighted by atomic mass is 32.1. The van der Waals surface area contributed by atoms with Gasteiger partial charge < -0.3 is 20.7 Å². The molecule has 6 nitrogen and oxygen atoms in total. The van der Waals surface area contributed by atoms with Crippen molar-refractivity contribution in [1.82, 2.24) is 15.2 Å². The van der Waals surface area contributed by atoms with Gasteiger partial charge in [-0.15, -0.1) is 0 Å². The molecule has 0 radical (unpaired) electrons. The summed E-state index contributed by atoms with van der Waals surface area (Å²) in [6, 6.07) is 13.6. The fraction of sp³-hybridized carbons (Fsp3) is 0.391. The number of primary amides is 1. The van der Waals surface area contributed by atoms with Gasteiger partial charge in [0.25, 0.3) is 5.19 Å². The number of ether oxygens (including phenoxy) is 1. The number of piperidine rings is 1. The molecular formula is C23H25FN4O2S. The molecule has 5 rings (SSSR count). The van der Waals surface area contributed by atoms with Crippen LogP contribution >= 0.6 is 11.3 Å². The second-order valence-electron chi connectivity index (χ2n) is 8.32. The molecule has 1 aromatic heterocycles. The van der Waals surface area contributed by atoms with Gasteiger partial charge in [0, 0.05) is 18.1 Å². The minimum Gasteiger partial charge on any atom is -0.431 e. The van der Waals surface area contributed by atoms with Gasteiger partial charge >= 0.3 is 6.03 Å². The van der Waals surface area contributed by atoms with E-state index in [1.165, 1.54) is 23.0 Å². The summed E-state index contributed by atoms with van der Waals surface area (Å²) in [5.74, 6) is 0.353. The molecule has 2 aliphatic rings. The van der Waals surface area contributed by atoms with Gasteiger partial charge in [-0.05, 0) is 68.5 Å². The normalized spacial score (nSPS) is 22.7. The summed E-state index contributed by atoms with van der Waals surface area (Å²) in [6.45, 7) is 0.887. The molecule has 2 amide bonds. The van der Waals surface area contributed by atoms with Crippen LogP contribution in [0.2, 0.25) is 0 Å². The quantitative estimate of drug-likeness (QED) is 0.594. The Hall–Kier alpha value is -2.71. The molecule has 31 heavy (non-hydrogen) atoms. The highest BCUT2D eigenvalue weighted by Crippen LogP contribution is 2.35. The molecular weight excluding hydrogens is 415 g/mol. The standard InChI is InChI=1S/C23H25FN4O2S/c24-19-2-1-3-20-21(19)27-23(31-20)30-18-8-4-14(5-9-18)10-11-26-15-12-16-6-7-17(13-15)28(16)22(25)29/h1-5,8-9,15-17,26H,6-7,10-13H2,(H2,25,29)/t15?,16-,17?/m0/s1. The summed E-state index contributed by atoms with van der Waals surface area (Å²) < 4.78 is 20.4. The molecule has 2 fully saturated rings. The van der Waals surface area contributed by atoms with E-state index in [1.54, 1.807) is 6.07 Å². The van der Waals surface area contributed by atoms with Gasteiger partial charge in [-0.25, -0.2) is 9.18 Å². The van der Waals surface area contributed by atoms with Crippen molar-refractivity contribution < 1.29 is 13.9 Å². The second-order valence-corrected chi connectivity index (χ2v) is 9.31. The van der Waals surface area contributed by atoms with Gasteiger partial charge in [-0.3, -0.25) is 0 Å². The predicted molar refractivity (Wildman–Crippen MR) is 119 cm³/mol. The van der Waals surface area contributed by atoms with E-state index in [0.29, 0.717) is 34.6 Å². The van der Waals surface area contributed by atoms with E-state index >= 15 is 0 Å². The Morgan fingerprint density at radius 3 is 2.61 bits per heavy atom. The number of amides is 2. The smallest absolute Gasteiger partial charge is 0.315 e. The van der Waals surface area contributed by atoms with Crippen molar-refractivity contribution in [2.45, 2.75) is 50.2 Å². The fourth-order valence-corrected chi connectivity index (χ4v) is 5.74. The first-order chi connectivity index (χ1) is 15.1. The lowest BCUT2D eigenvalue weighted by atomic mass is 9.97. The molecule has 0 saturated carbocycles. The zero-order valence-electron chi connectivity index (χ0n) is 17.1. The molecule has 162 valence electrons. The number of nitrogens with zero attached hydrogens (tertiary/aromatic N) is 2. The van der Waals surface area contributed by atoms with Crippen LogP contribution in [-0.2, 0) is 6.42 Å². The number of hydrogen-bond acceptors (Lipinski definition) is 5. The predicted octanol–water partition coefficient (Wildman–Crippen LogP) is 4.43. The highest BCUT2D eigenvalue weighted by molar-refractivity contribution is 7.20. The van der Waals surface area contributed by atoms with Gasteiger partial charge in [-0.1, -0.05) is 29.5 Å². The van der Waals surface area contributed by atoms with Crippen molar-refractivity contribution in [2.24, 2.45) is 5.73 Å². The number of aromatic nitrogens is 1. The van der Waals surface area contributed by atoms with Gasteiger partial charge in [0.15, 0.2) is 0 Å². The molecule has 2 aromatic carbocycles. The van der Waals surface area contributed by atoms with E-state index in [0.717, 1.165) is 43.3 Å². The Kier molecular flexibility index (Phi) is 5.50. The van der Waals surface area contributed by atoms with E-state index in [-0.39, 0.29) is 11.8 Å². The first kappa shape index (κ1) is 20.2. The third kappa shape index (κ3) is 4.22. The van der Waals surface area contributed by atoms with E-state index in [4.69, 9.17) is 10.5 Å². The maximum atomic E-state index is 13.8. The van der Waals surface area contributed by atoms with Crippen LogP contribution in [0.1, 0.15) is 31.2 Å². The number of thiazole rings is 1. The van der Waals surface area contributed by atoms with Crippen LogP contribution in [0.15, 0.2) is 42.5 Å². The number of para-hydroxylation sites is 1. The van der Waals surface area contributed by atoms with Gasteiger partial charge in [0.2, 0.25) is 0 Å². The zero-order valence-corrected chi connectivity index (χ0v) is 17.9. The molecule has 8 heteroatoms. The Bertz CT molecular complexity index is 1070. The summed E-state index contributed by atoms with van der Waals surface area (Å²) in [7, 11) is 0. The number of carbonyl (C=O) groups is 1. The topological polar surface area (TPSA) is 80.5 Å². The minimum absolute atomic E-state index is 0.274. The van der Waals surface area contributed by atoms with Crippen LogP contribution in [0.4, 0.5) is 9.18 Å². The summed E-state index contributed by atoms with van der Waals surface area (Å²) in [5, 5.41) is 4.09. The van der Waals surface area contributed by atoms with Crippen molar-refractivity contribution in [2.75, 3.05) is 6.54 Å². The Balaban J connectivity index is 1.12. The van der Waals surface area contributed by atoms with Crippen LogP contribution in [0.3, 0.4) is 0 Å². The first-order valence-corrected chi connectivity index (χ1v) is 11.5. The SMILES string of the molecule is NC(=O)N1C2CC[C@H]1CC(NCCc1ccc(Oc3nc4c(F)cccc4s3)cc1)C2. The number of benzene rings is 2. The Labute approximate surface area is 184 Å². The van der Waals surface area contributed by atoms with Crippen LogP contribution in [0, 0.1) is 5.82 Å². The monoisotopic (exact) mass is 440 g/mol. The number of nitrogens with one attached hydrogen (secondary N) is 1.